The molecule has 1 aliphatic heterocycles. The van der Waals surface area contributed by atoms with Crippen molar-refractivity contribution in [2.45, 2.75) is 71.2 Å². The lowest BCUT2D eigenvalue weighted by molar-refractivity contribution is -0.128. The van der Waals surface area contributed by atoms with Crippen LogP contribution < -0.4 is 10.1 Å². The van der Waals surface area contributed by atoms with E-state index in [9.17, 15) is 75.1 Å². The Morgan fingerprint density at radius 1 is 0.583 bits per heavy atom. The predicted octanol–water partition coefficient (Wildman–Crippen LogP) is 22.9. The quantitative estimate of drug-likeness (QED) is 0.0150. The van der Waals surface area contributed by atoms with Gasteiger partial charge in [0, 0.05) is 121 Å². The largest absolute Gasteiger partial charge is 0.497 e. The van der Waals surface area contributed by atoms with Crippen molar-refractivity contribution < 1.29 is 85.0 Å². The number of hydrogen-bond donors (Lipinski definition) is 2. The molecule has 0 spiro atoms. The number of benzene rings is 8. The van der Waals surface area contributed by atoms with Crippen molar-refractivity contribution in [3.63, 3.8) is 0 Å². The number of imide groups is 1. The van der Waals surface area contributed by atoms with Crippen LogP contribution in [0.4, 0.5) is 53.8 Å². The monoisotopic (exact) mass is 1970 g/mol. The molecule has 6 heterocycles. The second-order valence-electron chi connectivity index (χ2n) is 24.6. The zero-order valence-electron chi connectivity index (χ0n) is 62.1. The molecule has 18 nitrogen and oxygen atoms in total. The maximum atomic E-state index is 13.8. The number of Topliss-reactive ketones (excluding diaryl/α,β-unsaturated/α-hetero) is 1. The third-order valence-corrected chi connectivity index (χ3v) is 23.8. The van der Waals surface area contributed by atoms with Crippen LogP contribution in [-0.2, 0) is 53.1 Å². The van der Waals surface area contributed by atoms with E-state index in [1.807, 2.05) is 84.0 Å². The number of halogens is 18. The first kappa shape index (κ1) is 97.6. The van der Waals surface area contributed by atoms with Crippen LogP contribution in [0, 0.1) is 81.3 Å². The Hall–Kier alpha value is -9.50. The number of rotatable bonds is 14. The number of nitrogens with one attached hydrogen (secondary N) is 1. The Labute approximate surface area is 734 Å². The molecule has 2 N–H and O–H groups in total. The molecule has 1 fully saturated rings. The summed E-state index contributed by atoms with van der Waals surface area (Å²) in [6.07, 6.45) is 6.94. The van der Waals surface area contributed by atoms with Gasteiger partial charge in [0.25, 0.3) is 5.91 Å². The van der Waals surface area contributed by atoms with Crippen molar-refractivity contribution in [2.75, 3.05) is 19.5 Å². The number of aromatic nitrogens is 5. The first-order valence-electron chi connectivity index (χ1n) is 33.5. The van der Waals surface area contributed by atoms with Crippen molar-refractivity contribution in [3.05, 3.63) is 292 Å². The molecule has 1 aliphatic rings. The molecule has 120 heavy (non-hydrogen) atoms. The van der Waals surface area contributed by atoms with Crippen molar-refractivity contribution >= 4 is 211 Å². The summed E-state index contributed by atoms with van der Waals surface area (Å²) in [6, 6.07) is 45.6. The Morgan fingerprint density at radius 3 is 1.49 bits per heavy atom. The first-order valence-corrected chi connectivity index (χ1v) is 42.5. The molecule has 0 aliphatic carbocycles. The molecule has 40 heteroatoms. The van der Waals surface area contributed by atoms with Crippen LogP contribution in [0.3, 0.4) is 0 Å². The number of anilines is 1. The number of nitrogens with zero attached hydrogens (tertiary/aromatic N) is 8. The fourth-order valence-corrected chi connectivity index (χ4v) is 16.3. The van der Waals surface area contributed by atoms with Crippen LogP contribution >= 0.6 is 125 Å². The number of hydrogen-bond acceptors (Lipinski definition) is 18. The van der Waals surface area contributed by atoms with E-state index in [4.69, 9.17) is 85.1 Å². The van der Waals surface area contributed by atoms with Gasteiger partial charge in [0.15, 0.2) is 77.4 Å². The zero-order chi connectivity index (χ0) is 88.7. The lowest BCUT2D eigenvalue weighted by Crippen LogP contribution is -2.38. The molecule has 1 saturated heterocycles. The third-order valence-electron chi connectivity index (χ3n) is 16.0. The summed E-state index contributed by atoms with van der Waals surface area (Å²) in [5.74, 6) is -19.3. The third kappa shape index (κ3) is 26.5. The fourth-order valence-electron chi connectivity index (χ4n) is 9.92. The molecule has 13 aromatic rings. The fraction of sp³-hybridized carbons (Fsp3) is 0.138. The number of aliphatic hydroxyl groups excluding tert-OH is 1. The highest BCUT2D eigenvalue weighted by Crippen LogP contribution is 2.35. The van der Waals surface area contributed by atoms with Crippen LogP contribution in [0.25, 0.3) is 43.1 Å². The average Bonchev–Trinajstić information content (AvgIpc) is 0.861. The Kier molecular flexibility index (Phi) is 36.5. The molecule has 626 valence electrons. The number of nitriles is 1. The maximum Gasteiger partial charge on any atom is 0.357 e. The van der Waals surface area contributed by atoms with Gasteiger partial charge in [-0.3, -0.25) is 9.59 Å². The molecule has 0 atom stereocenters. The molecule has 14 rings (SSSR count). The number of pyridine rings is 4. The molecule has 0 bridgehead atoms. The number of carbonyl (C=O) groups excluding carboxylic acids is 3. The highest BCUT2D eigenvalue weighted by atomic mass is 79.9. The number of ketones is 1. The Balaban J connectivity index is 0.000000199. The van der Waals surface area contributed by atoms with E-state index in [0.29, 0.717) is 40.9 Å². The van der Waals surface area contributed by atoms with Crippen LogP contribution in [0.2, 0.25) is 20.6 Å². The van der Waals surface area contributed by atoms with Gasteiger partial charge in [0.1, 0.15) is 42.3 Å². The average molecular weight is 1980 g/mol. The topological polar surface area (TPSA) is 256 Å². The number of methoxy groups -OCH3 is 1. The van der Waals surface area contributed by atoms with E-state index < -0.39 is 118 Å². The summed E-state index contributed by atoms with van der Waals surface area (Å²) >= 11 is 44.0. The minimum atomic E-state index is -4.44. The molecule has 8 aromatic carbocycles. The van der Waals surface area contributed by atoms with E-state index in [1.54, 1.807) is 36.9 Å². The highest BCUT2D eigenvalue weighted by molar-refractivity contribution is 9.10. The second-order valence-corrected chi connectivity index (χ2v) is 34.4. The molecule has 0 unspecified atom stereocenters. The van der Waals surface area contributed by atoms with E-state index in [-0.39, 0.29) is 32.3 Å². The Bertz CT molecular complexity index is 6190. The number of fused-ring (bicyclic) bond motifs is 4. The number of thiazole rings is 1. The minimum Gasteiger partial charge on any atom is -0.497 e. The van der Waals surface area contributed by atoms with Gasteiger partial charge in [-0.05, 0) is 154 Å². The number of urea groups is 1. The van der Waals surface area contributed by atoms with Gasteiger partial charge in [0.05, 0.1) is 34.8 Å². The predicted molar refractivity (Wildman–Crippen MR) is 452 cm³/mol. The van der Waals surface area contributed by atoms with Gasteiger partial charge in [-0.25, -0.2) is 94.9 Å². The van der Waals surface area contributed by atoms with Crippen molar-refractivity contribution in [1.29, 1.82) is 5.26 Å². The zero-order valence-corrected chi connectivity index (χ0v) is 73.1. The van der Waals surface area contributed by atoms with E-state index in [1.165, 1.54) is 73.3 Å². The summed E-state index contributed by atoms with van der Waals surface area (Å²) in [5, 5.41) is 28.4. The van der Waals surface area contributed by atoms with Crippen molar-refractivity contribution in [1.82, 2.24) is 33.8 Å². The van der Waals surface area contributed by atoms with Gasteiger partial charge in [-0.2, -0.15) is 9.68 Å². The maximum absolute atomic E-state index is 13.8. The normalized spacial score (nSPS) is 11.9. The van der Waals surface area contributed by atoms with E-state index in [2.05, 4.69) is 116 Å². The molecular weight excluding hydrogens is 1920 g/mol. The summed E-state index contributed by atoms with van der Waals surface area (Å²) in [4.78, 5) is 52.6. The van der Waals surface area contributed by atoms with Gasteiger partial charge in [-0.15, -0.1) is 23.1 Å². The highest BCUT2D eigenvalue weighted by Gasteiger charge is 2.51. The lowest BCUT2D eigenvalue weighted by Gasteiger charge is -2.18. The number of carbonyl (C=O) groups is 3. The summed E-state index contributed by atoms with van der Waals surface area (Å²) in [6.45, 7) is 5.26. The van der Waals surface area contributed by atoms with Gasteiger partial charge in [0.2, 0.25) is 11.6 Å². The number of ether oxygens (including phenoxy) is 1. The number of thioether (sulfide) groups is 1. The van der Waals surface area contributed by atoms with Gasteiger partial charge >= 0.3 is 6.03 Å². The number of amides is 3. The summed E-state index contributed by atoms with van der Waals surface area (Å²) < 4.78 is 192. The molecule has 5 aromatic heterocycles. The Morgan fingerprint density at radius 2 is 1.04 bits per heavy atom. The molecule has 3 amide bonds. The summed E-state index contributed by atoms with van der Waals surface area (Å²) in [5.41, 5.74) is -1.35. The minimum absolute atomic E-state index is 0.00671. The second kappa shape index (κ2) is 44.9. The summed E-state index contributed by atoms with van der Waals surface area (Å²) in [7, 11) is -6.18. The van der Waals surface area contributed by atoms with Crippen LogP contribution in [0.1, 0.15) is 49.4 Å². The van der Waals surface area contributed by atoms with Crippen LogP contribution in [0.5, 0.6) is 5.75 Å². The standard InChI is InChI=1S/C16H6BrClF5NO2S.C16H7ClF5NO2S.C16H12ClNS.C11H12N2OS.C9H5BrClN.C6H5NO.C5H6Cl2N2O2.CH4O/c17-16-8-2-1-7(3-6(8)4-10(18)24-16)27(25,26)5-9-11(19)13(21)15(23)14(22)12(9)20;17-11-4-8-3-9(2-1-7(8)5-23-11)26(24,25)6-10-12(18)14(20)16(22)15(21)13(10)19;17-16-9-14-8-15(7-6-13(14)10-18-16)19-11-12-4-2-1-3-5-12;1-14-10-4-2-9(3-5-10)8-13-11-12-6-7-15-11;10-8-2-1-6-5-12-9(11)4-7(6)3-8;1-6(8)4-2-3-5-7;1-5(2)3(10)8(6)4(11)9(5)7;1-2/h1-4H,5H2;1-5H,6H2;1-10H,11H2;2-7H,8H2,1H3,(H,12,13);1-5H;4H2,1H3;1-2H3;2H,1H3. The lowest BCUT2D eigenvalue weighted by atomic mass is 10.1. The van der Waals surface area contributed by atoms with Crippen LogP contribution in [-0.4, -0.2) is 93.2 Å². The number of aliphatic hydroxyl groups is 1. The molecule has 0 radical (unpaired) electrons. The van der Waals surface area contributed by atoms with Crippen molar-refractivity contribution in [3.8, 4) is 23.7 Å². The van der Waals surface area contributed by atoms with Crippen LogP contribution in [0.15, 0.2) is 206 Å². The van der Waals surface area contributed by atoms with E-state index in [0.717, 1.165) is 78.9 Å². The molecule has 0 saturated carbocycles. The smallest absolute Gasteiger partial charge is 0.357 e. The molecular formula is C80H57Br2Cl6F10N9O9S4. The van der Waals surface area contributed by atoms with Gasteiger partial charge in [-0.1, -0.05) is 135 Å². The number of sulfone groups is 2. The van der Waals surface area contributed by atoms with Crippen molar-refractivity contribution in [2.24, 2.45) is 0 Å². The SMILES string of the molecule is CC(=O)CC#CC#N.CC1(C)C(=O)N(Cl)C(=O)N1Cl.CO.COc1ccc(CNc2nccs2)cc1.Clc1cc2cc(Br)ccc2cn1.Clc1cc2cc(SCc3ccccc3)ccc2cn1.O=S(=O)(Cc1c(F)c(F)c(F)c(F)c1F)c1ccc2c(Br)nc(Cl)cc2c1.O=S(=O)(Cc1c(F)c(F)c(F)c(F)c1F)c1ccc2cnc(Cl)cc2c1. The van der Waals surface area contributed by atoms with Gasteiger partial charge < -0.3 is 15.2 Å². The first-order chi connectivity index (χ1) is 56.7. The van der Waals surface area contributed by atoms with E-state index >= 15 is 0 Å².